The summed E-state index contributed by atoms with van der Waals surface area (Å²) in [5.74, 6) is 0.723. The van der Waals surface area contributed by atoms with E-state index in [1.807, 2.05) is 19.2 Å². The van der Waals surface area contributed by atoms with Crippen molar-refractivity contribution in [1.82, 2.24) is 4.90 Å². The second-order valence-corrected chi connectivity index (χ2v) is 4.80. The molecule has 0 aromatic heterocycles. The zero-order chi connectivity index (χ0) is 14.3. The van der Waals surface area contributed by atoms with E-state index in [1.165, 1.54) is 18.2 Å². The van der Waals surface area contributed by atoms with E-state index in [1.54, 1.807) is 0 Å². The summed E-state index contributed by atoms with van der Waals surface area (Å²) in [5, 5.41) is 0. The number of rotatable bonds is 7. The van der Waals surface area contributed by atoms with Gasteiger partial charge in [0, 0.05) is 13.1 Å². The first-order valence-electron chi connectivity index (χ1n) is 6.47. The topological polar surface area (TPSA) is 38.8 Å². The van der Waals surface area contributed by atoms with E-state index in [0.29, 0.717) is 19.6 Å². The first-order valence-corrected chi connectivity index (χ1v) is 6.47. The van der Waals surface area contributed by atoms with Crippen LogP contribution < -0.4 is 4.74 Å². The first-order chi connectivity index (χ1) is 9.01. The summed E-state index contributed by atoms with van der Waals surface area (Å²) in [7, 11) is 3.37. The Bertz CT molecular complexity index is 398. The van der Waals surface area contributed by atoms with Crippen LogP contribution in [-0.2, 0) is 9.53 Å². The van der Waals surface area contributed by atoms with Gasteiger partial charge >= 0.3 is 5.97 Å². The standard InChI is InChI=1S/C15H23NO3/c1-12-9-13(2)11-14(10-12)19-8-7-16(3)6-5-15(17)18-4/h9-11H,5-8H2,1-4H3. The second kappa shape index (κ2) is 7.79. The third-order valence-corrected chi connectivity index (χ3v) is 2.86. The average Bonchev–Trinajstić information content (AvgIpc) is 2.34. The Morgan fingerprint density at radius 2 is 1.79 bits per heavy atom. The molecule has 0 saturated carbocycles. The van der Waals surface area contributed by atoms with Gasteiger partial charge in [-0.1, -0.05) is 6.07 Å². The maximum atomic E-state index is 11.0. The monoisotopic (exact) mass is 265 g/mol. The molecule has 106 valence electrons. The number of likely N-dealkylation sites (N-methyl/N-ethyl adjacent to an activating group) is 1. The molecule has 0 aliphatic rings. The highest BCUT2D eigenvalue weighted by Gasteiger charge is 2.04. The minimum absolute atomic E-state index is 0.179. The number of ether oxygens (including phenoxy) is 2. The Balaban J connectivity index is 2.27. The van der Waals surface area contributed by atoms with Gasteiger partial charge in [-0.3, -0.25) is 4.79 Å². The average molecular weight is 265 g/mol. The number of esters is 1. The molecule has 0 bridgehead atoms. The van der Waals surface area contributed by atoms with Gasteiger partial charge in [0.2, 0.25) is 0 Å². The molecule has 0 saturated heterocycles. The first kappa shape index (κ1) is 15.5. The fraction of sp³-hybridized carbons (Fsp3) is 0.533. The van der Waals surface area contributed by atoms with Gasteiger partial charge in [0.1, 0.15) is 12.4 Å². The largest absolute Gasteiger partial charge is 0.492 e. The van der Waals surface area contributed by atoms with Gasteiger partial charge in [-0.15, -0.1) is 0 Å². The summed E-state index contributed by atoms with van der Waals surface area (Å²) in [6.07, 6.45) is 0.413. The third-order valence-electron chi connectivity index (χ3n) is 2.86. The van der Waals surface area contributed by atoms with Crippen LogP contribution in [0.4, 0.5) is 0 Å². The molecule has 1 rings (SSSR count). The van der Waals surface area contributed by atoms with Crippen LogP contribution in [0, 0.1) is 13.8 Å². The Labute approximate surface area is 115 Å². The zero-order valence-electron chi connectivity index (χ0n) is 12.2. The van der Waals surface area contributed by atoms with Crippen molar-refractivity contribution >= 4 is 5.97 Å². The summed E-state index contributed by atoms with van der Waals surface area (Å²) < 4.78 is 10.3. The molecule has 4 heteroatoms. The summed E-state index contributed by atoms with van der Waals surface area (Å²) >= 11 is 0. The number of methoxy groups -OCH3 is 1. The van der Waals surface area contributed by atoms with Crippen LogP contribution in [0.1, 0.15) is 17.5 Å². The molecule has 0 spiro atoms. The maximum Gasteiger partial charge on any atom is 0.306 e. The van der Waals surface area contributed by atoms with Gasteiger partial charge in [-0.05, 0) is 44.2 Å². The van der Waals surface area contributed by atoms with Crippen molar-refractivity contribution in [1.29, 1.82) is 0 Å². The zero-order valence-corrected chi connectivity index (χ0v) is 12.2. The fourth-order valence-electron chi connectivity index (χ4n) is 1.83. The number of hydrogen-bond donors (Lipinski definition) is 0. The van der Waals surface area contributed by atoms with Crippen molar-refractivity contribution in [3.63, 3.8) is 0 Å². The minimum atomic E-state index is -0.179. The van der Waals surface area contributed by atoms with Crippen LogP contribution in [-0.4, -0.2) is 44.7 Å². The van der Waals surface area contributed by atoms with Crippen LogP contribution in [0.2, 0.25) is 0 Å². The van der Waals surface area contributed by atoms with Crippen molar-refractivity contribution < 1.29 is 14.3 Å². The lowest BCUT2D eigenvalue weighted by atomic mass is 10.1. The molecule has 0 fully saturated rings. The van der Waals surface area contributed by atoms with Crippen LogP contribution in [0.15, 0.2) is 18.2 Å². The lowest BCUT2D eigenvalue weighted by molar-refractivity contribution is -0.140. The highest BCUT2D eigenvalue weighted by atomic mass is 16.5. The molecule has 0 amide bonds. The molecule has 0 heterocycles. The molecule has 0 aliphatic heterocycles. The smallest absolute Gasteiger partial charge is 0.306 e. The van der Waals surface area contributed by atoms with E-state index in [0.717, 1.165) is 12.3 Å². The second-order valence-electron chi connectivity index (χ2n) is 4.80. The summed E-state index contributed by atoms with van der Waals surface area (Å²) in [6, 6.07) is 6.18. The molecule has 1 aromatic carbocycles. The van der Waals surface area contributed by atoms with Crippen LogP contribution in [0.25, 0.3) is 0 Å². The molecule has 0 aliphatic carbocycles. The van der Waals surface area contributed by atoms with Crippen molar-refractivity contribution in [2.45, 2.75) is 20.3 Å². The van der Waals surface area contributed by atoms with Gasteiger partial charge in [0.15, 0.2) is 0 Å². The number of carbonyl (C=O) groups excluding carboxylic acids is 1. The lowest BCUT2D eigenvalue weighted by Gasteiger charge is -2.16. The number of benzene rings is 1. The van der Waals surface area contributed by atoms with Crippen molar-refractivity contribution in [2.24, 2.45) is 0 Å². The van der Waals surface area contributed by atoms with Crippen LogP contribution in [0.3, 0.4) is 0 Å². The molecular weight excluding hydrogens is 242 g/mol. The van der Waals surface area contributed by atoms with E-state index in [2.05, 4.69) is 29.6 Å². The van der Waals surface area contributed by atoms with Gasteiger partial charge in [0.25, 0.3) is 0 Å². The third kappa shape index (κ3) is 6.25. The predicted octanol–water partition coefficient (Wildman–Crippen LogP) is 2.18. The normalized spacial score (nSPS) is 10.6. The lowest BCUT2D eigenvalue weighted by Crippen LogP contribution is -2.27. The molecule has 0 radical (unpaired) electrons. The van der Waals surface area contributed by atoms with E-state index in [4.69, 9.17) is 4.74 Å². The molecular formula is C15H23NO3. The SMILES string of the molecule is COC(=O)CCN(C)CCOc1cc(C)cc(C)c1. The number of carbonyl (C=O) groups is 1. The number of hydrogen-bond acceptors (Lipinski definition) is 4. The van der Waals surface area contributed by atoms with Crippen molar-refractivity contribution in [3.8, 4) is 5.75 Å². The molecule has 0 N–H and O–H groups in total. The summed E-state index contributed by atoms with van der Waals surface area (Å²) in [5.41, 5.74) is 2.41. The van der Waals surface area contributed by atoms with E-state index in [-0.39, 0.29) is 5.97 Å². The molecule has 4 nitrogen and oxygen atoms in total. The quantitative estimate of drug-likeness (QED) is 0.708. The van der Waals surface area contributed by atoms with E-state index in [9.17, 15) is 4.79 Å². The maximum absolute atomic E-state index is 11.0. The Hall–Kier alpha value is -1.55. The minimum Gasteiger partial charge on any atom is -0.492 e. The van der Waals surface area contributed by atoms with Crippen molar-refractivity contribution in [2.75, 3.05) is 33.9 Å². The Kier molecular flexibility index (Phi) is 6.36. The van der Waals surface area contributed by atoms with Gasteiger partial charge in [0.05, 0.1) is 13.5 Å². The van der Waals surface area contributed by atoms with E-state index >= 15 is 0 Å². The predicted molar refractivity (Wildman–Crippen MR) is 75.5 cm³/mol. The molecule has 19 heavy (non-hydrogen) atoms. The van der Waals surface area contributed by atoms with Gasteiger partial charge in [-0.25, -0.2) is 0 Å². The molecule has 1 aromatic rings. The Morgan fingerprint density at radius 1 is 1.16 bits per heavy atom. The fourth-order valence-corrected chi connectivity index (χ4v) is 1.83. The van der Waals surface area contributed by atoms with Gasteiger partial charge < -0.3 is 14.4 Å². The van der Waals surface area contributed by atoms with Crippen molar-refractivity contribution in [3.05, 3.63) is 29.3 Å². The van der Waals surface area contributed by atoms with Crippen LogP contribution >= 0.6 is 0 Å². The highest BCUT2D eigenvalue weighted by Crippen LogP contribution is 2.15. The van der Waals surface area contributed by atoms with Gasteiger partial charge in [-0.2, -0.15) is 0 Å². The summed E-state index contributed by atoms with van der Waals surface area (Å²) in [4.78, 5) is 13.1. The summed E-state index contributed by atoms with van der Waals surface area (Å²) in [6.45, 7) is 6.19. The molecule has 0 atom stereocenters. The van der Waals surface area contributed by atoms with E-state index < -0.39 is 0 Å². The Morgan fingerprint density at radius 3 is 2.37 bits per heavy atom. The molecule has 0 unspecified atom stereocenters. The number of nitrogens with zero attached hydrogens (tertiary/aromatic N) is 1. The van der Waals surface area contributed by atoms with Crippen LogP contribution in [0.5, 0.6) is 5.75 Å². The highest BCUT2D eigenvalue weighted by molar-refractivity contribution is 5.69. The number of aryl methyl sites for hydroxylation is 2.